The average molecular weight is 333 g/mol. The summed E-state index contributed by atoms with van der Waals surface area (Å²) in [5, 5.41) is 4.83. The van der Waals surface area contributed by atoms with Gasteiger partial charge in [0.2, 0.25) is 5.88 Å². The Morgan fingerprint density at radius 1 is 1.12 bits per heavy atom. The van der Waals surface area contributed by atoms with Crippen molar-refractivity contribution in [1.82, 2.24) is 10.3 Å². The molecule has 0 amide bonds. The number of hydrogen-bond donors (Lipinski definition) is 1. The molecule has 0 bridgehead atoms. The van der Waals surface area contributed by atoms with Gasteiger partial charge in [-0.15, -0.1) is 0 Å². The van der Waals surface area contributed by atoms with E-state index in [9.17, 15) is 0 Å². The average Bonchev–Trinajstić information content (AvgIpc) is 3.15. The summed E-state index contributed by atoms with van der Waals surface area (Å²) in [6, 6.07) is 21.4. The van der Waals surface area contributed by atoms with Crippen molar-refractivity contribution in [2.24, 2.45) is 0 Å². The molecule has 0 spiro atoms. The third-order valence-electron chi connectivity index (χ3n) is 4.85. The summed E-state index contributed by atoms with van der Waals surface area (Å²) in [4.78, 5) is 7.07. The first-order valence-corrected chi connectivity index (χ1v) is 8.79. The molecular formula is C21H23N3O. The van der Waals surface area contributed by atoms with Crippen LogP contribution in [0.15, 0.2) is 60.7 Å². The first-order chi connectivity index (χ1) is 12.3. The topological polar surface area (TPSA) is 37.4 Å². The van der Waals surface area contributed by atoms with Crippen LogP contribution in [0.2, 0.25) is 0 Å². The SMILES string of the molecule is COc1nc2ccccc2cc1CNC1CCN(c2ccccc2)C1. The molecular weight excluding hydrogens is 310 g/mol. The zero-order valence-corrected chi connectivity index (χ0v) is 14.5. The molecule has 25 heavy (non-hydrogen) atoms. The molecule has 1 fully saturated rings. The van der Waals surface area contributed by atoms with Gasteiger partial charge >= 0.3 is 0 Å². The molecule has 0 saturated carbocycles. The van der Waals surface area contributed by atoms with Gasteiger partial charge in [0.1, 0.15) is 0 Å². The number of benzene rings is 2. The molecule has 2 aromatic carbocycles. The number of methoxy groups -OCH3 is 1. The fourth-order valence-corrected chi connectivity index (χ4v) is 3.50. The quantitative estimate of drug-likeness (QED) is 0.774. The number of hydrogen-bond acceptors (Lipinski definition) is 4. The Kier molecular flexibility index (Phi) is 4.53. The van der Waals surface area contributed by atoms with Crippen molar-refractivity contribution in [1.29, 1.82) is 0 Å². The van der Waals surface area contributed by atoms with Gasteiger partial charge in [-0.2, -0.15) is 0 Å². The highest BCUT2D eigenvalue weighted by atomic mass is 16.5. The molecule has 1 atom stereocenters. The van der Waals surface area contributed by atoms with Crippen molar-refractivity contribution < 1.29 is 4.74 Å². The molecule has 0 aliphatic carbocycles. The highest BCUT2D eigenvalue weighted by Gasteiger charge is 2.22. The summed E-state index contributed by atoms with van der Waals surface area (Å²) >= 11 is 0. The van der Waals surface area contributed by atoms with Crippen LogP contribution >= 0.6 is 0 Å². The van der Waals surface area contributed by atoms with Gasteiger partial charge in [-0.05, 0) is 30.7 Å². The Labute approximate surface area is 148 Å². The van der Waals surface area contributed by atoms with E-state index in [0.29, 0.717) is 11.9 Å². The number of ether oxygens (including phenoxy) is 1. The smallest absolute Gasteiger partial charge is 0.218 e. The molecule has 0 radical (unpaired) electrons. The van der Waals surface area contributed by atoms with Crippen molar-refractivity contribution in [3.63, 3.8) is 0 Å². The first kappa shape index (κ1) is 15.9. The van der Waals surface area contributed by atoms with Crippen LogP contribution in [0, 0.1) is 0 Å². The fourth-order valence-electron chi connectivity index (χ4n) is 3.50. The van der Waals surface area contributed by atoms with E-state index < -0.39 is 0 Å². The van der Waals surface area contributed by atoms with Crippen LogP contribution in [0.5, 0.6) is 5.88 Å². The molecule has 4 rings (SSSR count). The van der Waals surface area contributed by atoms with Crippen molar-refractivity contribution in [2.75, 3.05) is 25.1 Å². The maximum atomic E-state index is 5.50. The van der Waals surface area contributed by atoms with Gasteiger partial charge in [0.15, 0.2) is 0 Å². The third kappa shape index (κ3) is 3.44. The van der Waals surface area contributed by atoms with E-state index in [0.717, 1.165) is 42.5 Å². The highest BCUT2D eigenvalue weighted by Crippen LogP contribution is 2.23. The normalized spacial score (nSPS) is 17.2. The minimum Gasteiger partial charge on any atom is -0.481 e. The van der Waals surface area contributed by atoms with Crippen LogP contribution in [0.4, 0.5) is 5.69 Å². The van der Waals surface area contributed by atoms with E-state index in [1.807, 2.05) is 18.2 Å². The number of pyridine rings is 1. The first-order valence-electron chi connectivity index (χ1n) is 8.79. The molecule has 4 nitrogen and oxygen atoms in total. The lowest BCUT2D eigenvalue weighted by molar-refractivity contribution is 0.390. The minimum absolute atomic E-state index is 0.483. The maximum Gasteiger partial charge on any atom is 0.218 e. The monoisotopic (exact) mass is 333 g/mol. The molecule has 1 N–H and O–H groups in total. The molecule has 3 aromatic rings. The Morgan fingerprint density at radius 3 is 2.76 bits per heavy atom. The summed E-state index contributed by atoms with van der Waals surface area (Å²) in [7, 11) is 1.69. The van der Waals surface area contributed by atoms with Crippen molar-refractivity contribution in [3.05, 3.63) is 66.2 Å². The van der Waals surface area contributed by atoms with E-state index in [2.05, 4.69) is 57.7 Å². The number of nitrogens with zero attached hydrogens (tertiary/aromatic N) is 2. The van der Waals surface area contributed by atoms with Gasteiger partial charge in [0, 0.05) is 42.3 Å². The van der Waals surface area contributed by atoms with Crippen LogP contribution in [0.1, 0.15) is 12.0 Å². The van der Waals surface area contributed by atoms with Crippen molar-refractivity contribution in [3.8, 4) is 5.88 Å². The lowest BCUT2D eigenvalue weighted by Gasteiger charge is -2.19. The van der Waals surface area contributed by atoms with Gasteiger partial charge in [-0.1, -0.05) is 36.4 Å². The van der Waals surface area contributed by atoms with E-state index >= 15 is 0 Å². The van der Waals surface area contributed by atoms with Gasteiger partial charge in [0.25, 0.3) is 0 Å². The Bertz CT molecular complexity index is 850. The van der Waals surface area contributed by atoms with Crippen molar-refractivity contribution >= 4 is 16.6 Å². The van der Waals surface area contributed by atoms with Crippen molar-refractivity contribution in [2.45, 2.75) is 19.0 Å². The second-order valence-electron chi connectivity index (χ2n) is 6.50. The Balaban J connectivity index is 1.44. The number of anilines is 1. The van der Waals surface area contributed by atoms with E-state index in [1.54, 1.807) is 7.11 Å². The fraction of sp³-hybridized carbons (Fsp3) is 0.286. The molecule has 4 heteroatoms. The Morgan fingerprint density at radius 2 is 1.92 bits per heavy atom. The van der Waals surface area contributed by atoms with Crippen LogP contribution in [-0.2, 0) is 6.54 Å². The zero-order chi connectivity index (χ0) is 17.1. The largest absolute Gasteiger partial charge is 0.481 e. The molecule has 1 aliphatic rings. The van der Waals surface area contributed by atoms with E-state index in [4.69, 9.17) is 4.74 Å². The van der Waals surface area contributed by atoms with Gasteiger partial charge in [-0.3, -0.25) is 0 Å². The predicted molar refractivity (Wildman–Crippen MR) is 102 cm³/mol. The summed E-state index contributed by atoms with van der Waals surface area (Å²) < 4.78 is 5.50. The van der Waals surface area contributed by atoms with Gasteiger partial charge in [0.05, 0.1) is 12.6 Å². The highest BCUT2D eigenvalue weighted by molar-refractivity contribution is 5.80. The molecule has 2 heterocycles. The molecule has 1 unspecified atom stereocenters. The Hall–Kier alpha value is -2.59. The van der Waals surface area contributed by atoms with Gasteiger partial charge < -0.3 is 15.0 Å². The second kappa shape index (κ2) is 7.11. The maximum absolute atomic E-state index is 5.50. The summed E-state index contributed by atoms with van der Waals surface area (Å²) in [5.74, 6) is 0.712. The van der Waals surface area contributed by atoms with Crippen LogP contribution in [-0.4, -0.2) is 31.2 Å². The minimum atomic E-state index is 0.483. The standard InChI is InChI=1S/C21H23N3O/c1-25-21-17(13-16-7-5-6-10-20(16)23-21)14-22-18-11-12-24(15-18)19-8-3-2-4-9-19/h2-10,13,18,22H,11-12,14-15H2,1H3. The van der Waals surface area contributed by atoms with Crippen LogP contribution < -0.4 is 15.0 Å². The lowest BCUT2D eigenvalue weighted by atomic mass is 10.1. The lowest BCUT2D eigenvalue weighted by Crippen LogP contribution is -2.32. The molecule has 128 valence electrons. The summed E-state index contributed by atoms with van der Waals surface area (Å²) in [6.45, 7) is 2.90. The number of aromatic nitrogens is 1. The summed E-state index contributed by atoms with van der Waals surface area (Å²) in [6.07, 6.45) is 1.15. The predicted octanol–water partition coefficient (Wildman–Crippen LogP) is 3.61. The van der Waals surface area contributed by atoms with E-state index in [1.165, 1.54) is 5.69 Å². The zero-order valence-electron chi connectivity index (χ0n) is 14.5. The van der Waals surface area contributed by atoms with E-state index in [-0.39, 0.29) is 0 Å². The summed E-state index contributed by atoms with van der Waals surface area (Å²) in [5.41, 5.74) is 3.38. The second-order valence-corrected chi connectivity index (χ2v) is 6.50. The number of nitrogens with one attached hydrogen (secondary N) is 1. The molecule has 1 aromatic heterocycles. The number of rotatable bonds is 5. The third-order valence-corrected chi connectivity index (χ3v) is 4.85. The van der Waals surface area contributed by atoms with Crippen LogP contribution in [0.25, 0.3) is 10.9 Å². The number of para-hydroxylation sites is 2. The molecule has 1 saturated heterocycles. The van der Waals surface area contributed by atoms with Gasteiger partial charge in [-0.25, -0.2) is 4.98 Å². The molecule has 1 aliphatic heterocycles. The van der Waals surface area contributed by atoms with Crippen LogP contribution in [0.3, 0.4) is 0 Å². The number of fused-ring (bicyclic) bond motifs is 1.